The quantitative estimate of drug-likeness (QED) is 0.770. The number of rotatable bonds is 6. The first-order valence-corrected chi connectivity index (χ1v) is 9.00. The third-order valence-electron chi connectivity index (χ3n) is 3.15. The van der Waals surface area contributed by atoms with Crippen LogP contribution in [0.25, 0.3) is 0 Å². The van der Waals surface area contributed by atoms with Crippen LogP contribution in [0.2, 0.25) is 10.0 Å². The van der Waals surface area contributed by atoms with Crippen molar-refractivity contribution in [2.75, 3.05) is 6.54 Å². The van der Waals surface area contributed by atoms with E-state index in [0.717, 1.165) is 5.56 Å². The summed E-state index contributed by atoms with van der Waals surface area (Å²) in [4.78, 5) is 0.0175. The standard InChI is InChI=1S/C16H14Cl2N2O2S/c17-14-9-15(18)11-16(10-14)23(21,22)20(8-4-7-19)12-13-5-2-1-3-6-13/h1-3,5-6,9-11H,4,8,12H2. The van der Waals surface area contributed by atoms with Crippen molar-refractivity contribution >= 4 is 33.2 Å². The smallest absolute Gasteiger partial charge is 0.207 e. The first-order valence-electron chi connectivity index (χ1n) is 6.80. The summed E-state index contributed by atoms with van der Waals surface area (Å²) >= 11 is 11.8. The van der Waals surface area contributed by atoms with Crippen LogP contribution in [-0.2, 0) is 16.6 Å². The molecule has 2 aromatic carbocycles. The van der Waals surface area contributed by atoms with E-state index in [1.54, 1.807) is 0 Å². The Morgan fingerprint density at radius 2 is 1.65 bits per heavy atom. The van der Waals surface area contributed by atoms with Crippen LogP contribution in [-0.4, -0.2) is 19.3 Å². The fourth-order valence-electron chi connectivity index (χ4n) is 2.07. The molecule has 0 aromatic heterocycles. The molecule has 0 unspecified atom stereocenters. The predicted molar refractivity (Wildman–Crippen MR) is 90.7 cm³/mol. The van der Waals surface area contributed by atoms with E-state index in [9.17, 15) is 8.42 Å². The Balaban J connectivity index is 2.38. The molecular formula is C16H14Cl2N2O2S. The number of sulfonamides is 1. The number of nitrogens with zero attached hydrogens (tertiary/aromatic N) is 2. The molecule has 0 heterocycles. The van der Waals surface area contributed by atoms with Crippen LogP contribution in [0.5, 0.6) is 0 Å². The van der Waals surface area contributed by atoms with Gasteiger partial charge in [-0.25, -0.2) is 8.42 Å². The van der Waals surface area contributed by atoms with Crippen molar-refractivity contribution in [3.05, 3.63) is 64.1 Å². The molecule has 0 spiro atoms. The van der Waals surface area contributed by atoms with Crippen LogP contribution in [0.3, 0.4) is 0 Å². The summed E-state index contributed by atoms with van der Waals surface area (Å²) in [5.41, 5.74) is 0.835. The van der Waals surface area contributed by atoms with Crippen molar-refractivity contribution in [2.24, 2.45) is 0 Å². The average molecular weight is 369 g/mol. The summed E-state index contributed by atoms with van der Waals surface area (Å²) in [5.74, 6) is 0. The Morgan fingerprint density at radius 1 is 1.04 bits per heavy atom. The Kier molecular flexibility index (Phi) is 6.03. The van der Waals surface area contributed by atoms with Crippen LogP contribution in [0, 0.1) is 11.3 Å². The molecule has 7 heteroatoms. The molecule has 0 aliphatic rings. The highest BCUT2D eigenvalue weighted by Crippen LogP contribution is 2.26. The fraction of sp³-hybridized carbons (Fsp3) is 0.188. The lowest BCUT2D eigenvalue weighted by Gasteiger charge is -2.21. The van der Waals surface area contributed by atoms with Crippen molar-refractivity contribution in [1.82, 2.24) is 4.31 Å². The fourth-order valence-corrected chi connectivity index (χ4v) is 4.23. The largest absolute Gasteiger partial charge is 0.243 e. The van der Waals surface area contributed by atoms with Gasteiger partial charge in [0.05, 0.1) is 11.0 Å². The van der Waals surface area contributed by atoms with E-state index in [-0.39, 0.29) is 34.5 Å². The van der Waals surface area contributed by atoms with Crippen molar-refractivity contribution in [3.63, 3.8) is 0 Å². The van der Waals surface area contributed by atoms with E-state index in [2.05, 4.69) is 0 Å². The van der Waals surface area contributed by atoms with Crippen LogP contribution < -0.4 is 0 Å². The van der Waals surface area contributed by atoms with Crippen molar-refractivity contribution in [2.45, 2.75) is 17.9 Å². The third-order valence-corrected chi connectivity index (χ3v) is 5.41. The zero-order valence-corrected chi connectivity index (χ0v) is 14.4. The first-order chi connectivity index (χ1) is 10.9. The van der Waals surface area contributed by atoms with Gasteiger partial charge in [-0.2, -0.15) is 9.57 Å². The zero-order valence-electron chi connectivity index (χ0n) is 12.1. The third kappa shape index (κ3) is 4.69. The molecular weight excluding hydrogens is 355 g/mol. The van der Waals surface area contributed by atoms with Gasteiger partial charge in [0.25, 0.3) is 0 Å². The summed E-state index contributed by atoms with van der Waals surface area (Å²) < 4.78 is 26.9. The second kappa shape index (κ2) is 7.80. The average Bonchev–Trinajstić information content (AvgIpc) is 2.51. The number of nitriles is 1. The topological polar surface area (TPSA) is 61.2 Å². The van der Waals surface area contributed by atoms with Gasteiger partial charge in [-0.3, -0.25) is 0 Å². The highest BCUT2D eigenvalue weighted by atomic mass is 35.5. The number of benzene rings is 2. The van der Waals surface area contributed by atoms with Gasteiger partial charge in [0.1, 0.15) is 0 Å². The van der Waals surface area contributed by atoms with Gasteiger partial charge in [-0.05, 0) is 23.8 Å². The highest BCUT2D eigenvalue weighted by molar-refractivity contribution is 7.89. The molecule has 0 fully saturated rings. The van der Waals surface area contributed by atoms with E-state index >= 15 is 0 Å². The van der Waals surface area contributed by atoms with E-state index in [0.29, 0.717) is 0 Å². The minimum absolute atomic E-state index is 0.0175. The van der Waals surface area contributed by atoms with Gasteiger partial charge >= 0.3 is 0 Å². The lowest BCUT2D eigenvalue weighted by Crippen LogP contribution is -2.31. The SMILES string of the molecule is N#CCCN(Cc1ccccc1)S(=O)(=O)c1cc(Cl)cc(Cl)c1. The van der Waals surface area contributed by atoms with E-state index in [1.807, 2.05) is 36.4 Å². The first kappa shape index (κ1) is 17.8. The molecule has 0 saturated carbocycles. The van der Waals surface area contributed by atoms with E-state index < -0.39 is 10.0 Å². The maximum absolute atomic E-state index is 12.8. The van der Waals surface area contributed by atoms with Gasteiger partial charge in [0.15, 0.2) is 0 Å². The summed E-state index contributed by atoms with van der Waals surface area (Å²) in [6, 6.07) is 15.3. The molecule has 23 heavy (non-hydrogen) atoms. The lowest BCUT2D eigenvalue weighted by atomic mass is 10.2. The minimum atomic E-state index is -3.80. The molecule has 2 rings (SSSR count). The summed E-state index contributed by atoms with van der Waals surface area (Å²) in [7, 11) is -3.80. The van der Waals surface area contributed by atoms with E-state index in [4.69, 9.17) is 28.5 Å². The molecule has 0 N–H and O–H groups in total. The van der Waals surface area contributed by atoms with Crippen LogP contribution in [0.4, 0.5) is 0 Å². The molecule has 0 aliphatic carbocycles. The number of hydrogen-bond acceptors (Lipinski definition) is 3. The molecule has 0 radical (unpaired) electrons. The molecule has 0 saturated heterocycles. The molecule has 0 aliphatic heterocycles. The van der Waals surface area contributed by atoms with Gasteiger partial charge in [-0.1, -0.05) is 53.5 Å². The molecule has 4 nitrogen and oxygen atoms in total. The molecule has 0 atom stereocenters. The summed E-state index contributed by atoms with van der Waals surface area (Å²) in [6.45, 7) is 0.271. The van der Waals surface area contributed by atoms with Crippen molar-refractivity contribution in [3.8, 4) is 6.07 Å². The van der Waals surface area contributed by atoms with Gasteiger partial charge in [0, 0.05) is 29.6 Å². The van der Waals surface area contributed by atoms with Crippen molar-refractivity contribution < 1.29 is 8.42 Å². The van der Waals surface area contributed by atoms with Gasteiger partial charge < -0.3 is 0 Å². The van der Waals surface area contributed by atoms with Gasteiger partial charge in [0.2, 0.25) is 10.0 Å². The van der Waals surface area contributed by atoms with E-state index in [1.165, 1.54) is 22.5 Å². The highest BCUT2D eigenvalue weighted by Gasteiger charge is 2.25. The van der Waals surface area contributed by atoms with Crippen LogP contribution in [0.1, 0.15) is 12.0 Å². The zero-order chi connectivity index (χ0) is 16.9. The monoisotopic (exact) mass is 368 g/mol. The number of hydrogen-bond donors (Lipinski definition) is 0. The molecule has 2 aromatic rings. The predicted octanol–water partition coefficient (Wildman–Crippen LogP) is 4.10. The Hall–Kier alpha value is -1.58. The molecule has 120 valence electrons. The molecule has 0 bridgehead atoms. The summed E-state index contributed by atoms with van der Waals surface area (Å²) in [5, 5.41) is 9.28. The van der Waals surface area contributed by atoms with Gasteiger partial charge in [-0.15, -0.1) is 0 Å². The van der Waals surface area contributed by atoms with Crippen LogP contribution >= 0.6 is 23.2 Å². The Bertz CT molecular complexity index is 797. The summed E-state index contributed by atoms with van der Waals surface area (Å²) in [6.07, 6.45) is 0.0976. The second-order valence-electron chi connectivity index (χ2n) is 4.84. The Morgan fingerprint density at radius 3 is 2.22 bits per heavy atom. The maximum atomic E-state index is 12.8. The minimum Gasteiger partial charge on any atom is -0.207 e. The van der Waals surface area contributed by atoms with Crippen LogP contribution in [0.15, 0.2) is 53.4 Å². The lowest BCUT2D eigenvalue weighted by molar-refractivity contribution is 0.413. The molecule has 0 amide bonds. The second-order valence-corrected chi connectivity index (χ2v) is 7.65. The number of halogens is 2. The normalized spacial score (nSPS) is 11.4. The van der Waals surface area contributed by atoms with Crippen molar-refractivity contribution in [1.29, 1.82) is 5.26 Å². The maximum Gasteiger partial charge on any atom is 0.243 e. The Labute approximate surface area is 145 Å².